The van der Waals surface area contributed by atoms with E-state index in [0.29, 0.717) is 30.1 Å². The molecule has 2 amide bonds. The SMILES string of the molecule is O=C(CNc1cccc(C(=O)NCc2ccco2)c1)NCc1ccccc1. The molecule has 0 aliphatic carbocycles. The van der Waals surface area contributed by atoms with Crippen molar-refractivity contribution in [3.63, 3.8) is 0 Å². The van der Waals surface area contributed by atoms with Gasteiger partial charge in [0.15, 0.2) is 0 Å². The molecule has 6 heteroatoms. The zero-order valence-corrected chi connectivity index (χ0v) is 14.8. The van der Waals surface area contributed by atoms with E-state index in [1.807, 2.05) is 36.4 Å². The summed E-state index contributed by atoms with van der Waals surface area (Å²) in [6.45, 7) is 0.937. The second-order valence-electron chi connectivity index (χ2n) is 5.96. The molecule has 2 aromatic carbocycles. The van der Waals surface area contributed by atoms with Gasteiger partial charge in [-0.1, -0.05) is 36.4 Å². The zero-order valence-electron chi connectivity index (χ0n) is 14.8. The molecule has 0 aliphatic heterocycles. The van der Waals surface area contributed by atoms with Crippen LogP contribution in [0.5, 0.6) is 0 Å². The molecule has 27 heavy (non-hydrogen) atoms. The minimum Gasteiger partial charge on any atom is -0.467 e. The number of anilines is 1. The first-order chi connectivity index (χ1) is 13.2. The first kappa shape index (κ1) is 18.3. The van der Waals surface area contributed by atoms with E-state index in [9.17, 15) is 9.59 Å². The van der Waals surface area contributed by atoms with Crippen LogP contribution in [0.15, 0.2) is 77.4 Å². The molecule has 0 saturated heterocycles. The second-order valence-corrected chi connectivity index (χ2v) is 5.96. The van der Waals surface area contributed by atoms with Crippen LogP contribution in [-0.4, -0.2) is 18.4 Å². The molecule has 1 aromatic heterocycles. The van der Waals surface area contributed by atoms with Crippen LogP contribution in [0.3, 0.4) is 0 Å². The fourth-order valence-electron chi connectivity index (χ4n) is 2.49. The molecule has 0 radical (unpaired) electrons. The lowest BCUT2D eigenvalue weighted by atomic mass is 10.2. The molecule has 0 saturated carbocycles. The van der Waals surface area contributed by atoms with Gasteiger partial charge in [-0.15, -0.1) is 0 Å². The number of nitrogens with one attached hydrogen (secondary N) is 3. The summed E-state index contributed by atoms with van der Waals surface area (Å²) in [5, 5.41) is 8.68. The molecule has 3 aromatic rings. The number of carbonyl (C=O) groups is 2. The van der Waals surface area contributed by atoms with E-state index in [2.05, 4.69) is 16.0 Å². The van der Waals surface area contributed by atoms with Gasteiger partial charge in [0.2, 0.25) is 5.91 Å². The van der Waals surface area contributed by atoms with Crippen LogP contribution in [0.2, 0.25) is 0 Å². The summed E-state index contributed by atoms with van der Waals surface area (Å²) in [4.78, 5) is 24.2. The van der Waals surface area contributed by atoms with Gasteiger partial charge >= 0.3 is 0 Å². The number of rotatable bonds is 8. The van der Waals surface area contributed by atoms with Gasteiger partial charge in [-0.2, -0.15) is 0 Å². The maximum atomic E-state index is 12.2. The van der Waals surface area contributed by atoms with E-state index in [-0.39, 0.29) is 18.4 Å². The molecule has 0 bridgehead atoms. The third kappa shape index (κ3) is 5.74. The van der Waals surface area contributed by atoms with Crippen molar-refractivity contribution in [1.82, 2.24) is 10.6 Å². The van der Waals surface area contributed by atoms with Crippen LogP contribution in [-0.2, 0) is 17.9 Å². The van der Waals surface area contributed by atoms with Crippen molar-refractivity contribution in [2.75, 3.05) is 11.9 Å². The predicted octanol–water partition coefficient (Wildman–Crippen LogP) is 2.94. The zero-order chi connectivity index (χ0) is 18.9. The van der Waals surface area contributed by atoms with E-state index in [1.54, 1.807) is 36.6 Å². The molecule has 0 aliphatic rings. The summed E-state index contributed by atoms with van der Waals surface area (Å²) >= 11 is 0. The number of carbonyl (C=O) groups excluding carboxylic acids is 2. The molecular weight excluding hydrogens is 342 g/mol. The van der Waals surface area contributed by atoms with Crippen LogP contribution < -0.4 is 16.0 Å². The molecule has 0 unspecified atom stereocenters. The number of amides is 2. The maximum absolute atomic E-state index is 12.2. The monoisotopic (exact) mass is 363 g/mol. The minimum atomic E-state index is -0.205. The van der Waals surface area contributed by atoms with Crippen LogP contribution in [0.1, 0.15) is 21.7 Å². The Bertz CT molecular complexity index is 877. The maximum Gasteiger partial charge on any atom is 0.251 e. The fraction of sp³-hybridized carbons (Fsp3) is 0.143. The number of hydrogen-bond donors (Lipinski definition) is 3. The molecule has 3 N–H and O–H groups in total. The lowest BCUT2D eigenvalue weighted by Gasteiger charge is -2.09. The first-order valence-electron chi connectivity index (χ1n) is 8.66. The van der Waals surface area contributed by atoms with Gasteiger partial charge in [0, 0.05) is 17.8 Å². The van der Waals surface area contributed by atoms with Gasteiger partial charge in [-0.3, -0.25) is 9.59 Å². The smallest absolute Gasteiger partial charge is 0.251 e. The van der Waals surface area contributed by atoms with Gasteiger partial charge in [0.1, 0.15) is 5.76 Å². The van der Waals surface area contributed by atoms with E-state index in [1.165, 1.54) is 0 Å². The largest absolute Gasteiger partial charge is 0.467 e. The second kappa shape index (κ2) is 9.24. The van der Waals surface area contributed by atoms with E-state index < -0.39 is 0 Å². The molecule has 0 fully saturated rings. The quantitative estimate of drug-likeness (QED) is 0.575. The number of furan rings is 1. The molecule has 0 atom stereocenters. The highest BCUT2D eigenvalue weighted by atomic mass is 16.3. The van der Waals surface area contributed by atoms with Crippen LogP contribution >= 0.6 is 0 Å². The number of hydrogen-bond acceptors (Lipinski definition) is 4. The highest BCUT2D eigenvalue weighted by Gasteiger charge is 2.08. The van der Waals surface area contributed by atoms with Crippen molar-refractivity contribution in [2.45, 2.75) is 13.1 Å². The fourth-order valence-corrected chi connectivity index (χ4v) is 2.49. The van der Waals surface area contributed by atoms with Gasteiger partial charge in [0.05, 0.1) is 19.4 Å². The highest BCUT2D eigenvalue weighted by molar-refractivity contribution is 5.95. The Morgan fingerprint density at radius 2 is 1.70 bits per heavy atom. The summed E-state index contributed by atoms with van der Waals surface area (Å²) in [7, 11) is 0. The lowest BCUT2D eigenvalue weighted by molar-refractivity contribution is -0.119. The summed E-state index contributed by atoms with van der Waals surface area (Å²) in [5.74, 6) is 0.364. The van der Waals surface area contributed by atoms with Crippen molar-refractivity contribution < 1.29 is 14.0 Å². The Labute approximate surface area is 157 Å². The Kier molecular flexibility index (Phi) is 6.25. The Balaban J connectivity index is 1.46. The van der Waals surface area contributed by atoms with Crippen LogP contribution in [0.4, 0.5) is 5.69 Å². The molecule has 3 rings (SSSR count). The highest BCUT2D eigenvalue weighted by Crippen LogP contribution is 2.11. The Hall–Kier alpha value is -3.54. The third-order valence-corrected chi connectivity index (χ3v) is 3.91. The van der Waals surface area contributed by atoms with Crippen molar-refractivity contribution >= 4 is 17.5 Å². The minimum absolute atomic E-state index is 0.119. The normalized spacial score (nSPS) is 10.2. The van der Waals surface area contributed by atoms with E-state index in [0.717, 1.165) is 5.56 Å². The molecular formula is C21H21N3O3. The summed E-state index contributed by atoms with van der Waals surface area (Å²) in [6.07, 6.45) is 1.56. The average molecular weight is 363 g/mol. The van der Waals surface area contributed by atoms with Crippen LogP contribution in [0, 0.1) is 0 Å². The average Bonchev–Trinajstić information content (AvgIpc) is 3.23. The number of benzene rings is 2. The first-order valence-corrected chi connectivity index (χ1v) is 8.66. The van der Waals surface area contributed by atoms with Gasteiger partial charge in [-0.25, -0.2) is 0 Å². The van der Waals surface area contributed by atoms with Crippen molar-refractivity contribution in [3.8, 4) is 0 Å². The lowest BCUT2D eigenvalue weighted by Crippen LogP contribution is -2.29. The predicted molar refractivity (Wildman–Crippen MR) is 103 cm³/mol. The standard InChI is InChI=1S/C21H21N3O3/c25-20(23-13-16-6-2-1-3-7-16)15-22-18-9-4-8-17(12-18)21(26)24-14-19-10-5-11-27-19/h1-12,22H,13-15H2,(H,23,25)(H,24,26). The molecule has 138 valence electrons. The van der Waals surface area contributed by atoms with E-state index in [4.69, 9.17) is 4.42 Å². The molecule has 6 nitrogen and oxygen atoms in total. The van der Waals surface area contributed by atoms with E-state index >= 15 is 0 Å². The Morgan fingerprint density at radius 1 is 0.852 bits per heavy atom. The third-order valence-electron chi connectivity index (χ3n) is 3.91. The van der Waals surface area contributed by atoms with Crippen molar-refractivity contribution in [3.05, 3.63) is 89.9 Å². The van der Waals surface area contributed by atoms with Crippen LogP contribution in [0.25, 0.3) is 0 Å². The van der Waals surface area contributed by atoms with Crippen molar-refractivity contribution in [1.29, 1.82) is 0 Å². The van der Waals surface area contributed by atoms with Crippen molar-refractivity contribution in [2.24, 2.45) is 0 Å². The Morgan fingerprint density at radius 3 is 2.48 bits per heavy atom. The van der Waals surface area contributed by atoms with Gasteiger partial charge in [-0.05, 0) is 35.9 Å². The summed E-state index contributed by atoms with van der Waals surface area (Å²) in [5.41, 5.74) is 2.26. The summed E-state index contributed by atoms with van der Waals surface area (Å²) in [6, 6.07) is 20.3. The van der Waals surface area contributed by atoms with Gasteiger partial charge < -0.3 is 20.4 Å². The molecule has 0 spiro atoms. The summed E-state index contributed by atoms with van der Waals surface area (Å²) < 4.78 is 5.19. The molecule has 1 heterocycles. The topological polar surface area (TPSA) is 83.4 Å². The van der Waals surface area contributed by atoms with Gasteiger partial charge in [0.25, 0.3) is 5.91 Å².